The van der Waals surface area contributed by atoms with Crippen LogP contribution >= 0.6 is 0 Å². The van der Waals surface area contributed by atoms with E-state index in [4.69, 9.17) is 5.11 Å². The number of aromatic nitrogens is 3. The molecule has 5 nitrogen and oxygen atoms in total. The first-order valence-corrected chi connectivity index (χ1v) is 5.23. The number of carboxylic acid groups (broad SMARTS) is 1. The van der Waals surface area contributed by atoms with E-state index < -0.39 is 5.97 Å². The predicted molar refractivity (Wildman–Crippen MR) is 62.5 cm³/mol. The van der Waals surface area contributed by atoms with Crippen LogP contribution in [0.2, 0.25) is 0 Å². The Morgan fingerprint density at radius 1 is 1.24 bits per heavy atom. The molecule has 0 saturated heterocycles. The van der Waals surface area contributed by atoms with E-state index in [1.165, 1.54) is 0 Å². The number of hydrogen-bond acceptors (Lipinski definition) is 3. The fourth-order valence-corrected chi connectivity index (χ4v) is 1.71. The van der Waals surface area contributed by atoms with Crippen molar-refractivity contribution in [3.63, 3.8) is 0 Å². The molecule has 2 aromatic rings. The molecule has 17 heavy (non-hydrogen) atoms. The zero-order valence-electron chi connectivity index (χ0n) is 9.93. The molecule has 0 bridgehead atoms. The molecule has 2 rings (SSSR count). The highest BCUT2D eigenvalue weighted by Crippen LogP contribution is 2.15. The summed E-state index contributed by atoms with van der Waals surface area (Å²) in [5.74, 6) is -0.636. The maximum Gasteiger partial charge on any atom is 0.339 e. The van der Waals surface area contributed by atoms with Gasteiger partial charge < -0.3 is 5.11 Å². The molecule has 0 aromatic carbocycles. The highest BCUT2D eigenvalue weighted by molar-refractivity contribution is 5.91. The van der Waals surface area contributed by atoms with Crippen LogP contribution in [0.25, 0.3) is 5.82 Å². The molecular weight excluding hydrogens is 218 g/mol. The summed E-state index contributed by atoms with van der Waals surface area (Å²) in [5.41, 5.74) is 2.62. The van der Waals surface area contributed by atoms with Gasteiger partial charge in [-0.05, 0) is 39.0 Å². The molecule has 0 amide bonds. The SMILES string of the molecule is Cc1ccc(C(=O)O)c(-n2nc(C)cc2C)n1. The number of rotatable bonds is 2. The smallest absolute Gasteiger partial charge is 0.339 e. The summed E-state index contributed by atoms with van der Waals surface area (Å²) in [5, 5.41) is 13.4. The van der Waals surface area contributed by atoms with E-state index in [0.717, 1.165) is 17.1 Å². The molecular formula is C12H13N3O2. The van der Waals surface area contributed by atoms with Crippen LogP contribution in [-0.2, 0) is 0 Å². The van der Waals surface area contributed by atoms with Crippen LogP contribution in [0, 0.1) is 20.8 Å². The topological polar surface area (TPSA) is 68.0 Å². The fraction of sp³-hybridized carbons (Fsp3) is 0.250. The minimum absolute atomic E-state index is 0.154. The van der Waals surface area contributed by atoms with Gasteiger partial charge >= 0.3 is 5.97 Å². The second-order valence-electron chi connectivity index (χ2n) is 3.97. The summed E-state index contributed by atoms with van der Waals surface area (Å²) in [4.78, 5) is 15.4. The summed E-state index contributed by atoms with van der Waals surface area (Å²) in [7, 11) is 0. The molecule has 2 aromatic heterocycles. The van der Waals surface area contributed by atoms with E-state index in [2.05, 4.69) is 10.1 Å². The summed E-state index contributed by atoms with van der Waals surface area (Å²) < 4.78 is 1.56. The number of aryl methyl sites for hydroxylation is 3. The fourth-order valence-electron chi connectivity index (χ4n) is 1.71. The van der Waals surface area contributed by atoms with Gasteiger partial charge in [0.15, 0.2) is 5.82 Å². The highest BCUT2D eigenvalue weighted by atomic mass is 16.4. The van der Waals surface area contributed by atoms with Crippen LogP contribution in [0.5, 0.6) is 0 Å². The number of pyridine rings is 1. The quantitative estimate of drug-likeness (QED) is 0.857. The zero-order chi connectivity index (χ0) is 12.6. The maximum atomic E-state index is 11.1. The molecule has 0 spiro atoms. The molecule has 0 aliphatic heterocycles. The maximum absolute atomic E-state index is 11.1. The summed E-state index contributed by atoms with van der Waals surface area (Å²) >= 11 is 0. The van der Waals surface area contributed by atoms with Gasteiger partial charge in [-0.3, -0.25) is 0 Å². The summed E-state index contributed by atoms with van der Waals surface area (Å²) in [6.07, 6.45) is 0. The van der Waals surface area contributed by atoms with Gasteiger partial charge in [-0.25, -0.2) is 14.5 Å². The second-order valence-corrected chi connectivity index (χ2v) is 3.97. The lowest BCUT2D eigenvalue weighted by molar-refractivity contribution is 0.0696. The molecule has 0 unspecified atom stereocenters. The molecule has 0 atom stereocenters. The van der Waals surface area contributed by atoms with Crippen molar-refractivity contribution in [1.29, 1.82) is 0 Å². The van der Waals surface area contributed by atoms with E-state index >= 15 is 0 Å². The van der Waals surface area contributed by atoms with Crippen molar-refractivity contribution in [1.82, 2.24) is 14.8 Å². The van der Waals surface area contributed by atoms with Crippen molar-refractivity contribution in [2.24, 2.45) is 0 Å². The molecule has 0 fully saturated rings. The number of hydrogen-bond donors (Lipinski definition) is 1. The molecule has 2 heterocycles. The Labute approximate surface area is 98.7 Å². The van der Waals surface area contributed by atoms with Crippen molar-refractivity contribution in [2.75, 3.05) is 0 Å². The van der Waals surface area contributed by atoms with Crippen LogP contribution in [0.3, 0.4) is 0 Å². The van der Waals surface area contributed by atoms with Crippen molar-refractivity contribution in [3.8, 4) is 5.82 Å². The molecule has 0 saturated carbocycles. The first-order chi connectivity index (χ1) is 7.99. The zero-order valence-corrected chi connectivity index (χ0v) is 9.93. The van der Waals surface area contributed by atoms with Gasteiger partial charge in [0, 0.05) is 11.4 Å². The van der Waals surface area contributed by atoms with Crippen LogP contribution < -0.4 is 0 Å². The lowest BCUT2D eigenvalue weighted by atomic mass is 10.2. The van der Waals surface area contributed by atoms with Crippen LogP contribution in [0.1, 0.15) is 27.4 Å². The van der Waals surface area contributed by atoms with E-state index in [9.17, 15) is 4.79 Å². The van der Waals surface area contributed by atoms with Crippen molar-refractivity contribution in [2.45, 2.75) is 20.8 Å². The number of carboxylic acids is 1. The standard InChI is InChI=1S/C12H13N3O2/c1-7-4-5-10(12(16)17)11(13-7)15-9(3)6-8(2)14-15/h4-6H,1-3H3,(H,16,17). The Morgan fingerprint density at radius 2 is 1.94 bits per heavy atom. The molecule has 88 valence electrons. The predicted octanol–water partition coefficient (Wildman–Crippen LogP) is 1.89. The Balaban J connectivity index is 2.69. The van der Waals surface area contributed by atoms with E-state index in [0.29, 0.717) is 5.82 Å². The molecule has 1 N–H and O–H groups in total. The van der Waals surface area contributed by atoms with Gasteiger partial charge in [0.05, 0.1) is 5.69 Å². The molecule has 0 radical (unpaired) electrons. The minimum Gasteiger partial charge on any atom is -0.478 e. The Kier molecular flexibility index (Phi) is 2.67. The third-order valence-corrected chi connectivity index (χ3v) is 2.45. The van der Waals surface area contributed by atoms with Crippen LogP contribution in [-0.4, -0.2) is 25.8 Å². The number of nitrogens with zero attached hydrogens (tertiary/aromatic N) is 3. The van der Waals surface area contributed by atoms with Gasteiger partial charge in [0.25, 0.3) is 0 Å². The third kappa shape index (κ3) is 2.04. The first kappa shape index (κ1) is 11.3. The number of aromatic carboxylic acids is 1. The first-order valence-electron chi connectivity index (χ1n) is 5.23. The van der Waals surface area contributed by atoms with Gasteiger partial charge in [0.2, 0.25) is 0 Å². The Morgan fingerprint density at radius 3 is 2.47 bits per heavy atom. The lowest BCUT2D eigenvalue weighted by Gasteiger charge is -2.07. The highest BCUT2D eigenvalue weighted by Gasteiger charge is 2.15. The Bertz CT molecular complexity index is 587. The molecule has 0 aliphatic rings. The van der Waals surface area contributed by atoms with Gasteiger partial charge in [-0.1, -0.05) is 0 Å². The second kappa shape index (κ2) is 4.01. The van der Waals surface area contributed by atoms with Crippen LogP contribution in [0.4, 0.5) is 0 Å². The van der Waals surface area contributed by atoms with Crippen molar-refractivity contribution >= 4 is 5.97 Å². The van der Waals surface area contributed by atoms with Crippen LogP contribution in [0.15, 0.2) is 18.2 Å². The molecule has 0 aliphatic carbocycles. The van der Waals surface area contributed by atoms with Gasteiger partial charge in [0.1, 0.15) is 5.56 Å². The number of carbonyl (C=O) groups is 1. The Hall–Kier alpha value is -2.17. The minimum atomic E-state index is -1.000. The summed E-state index contributed by atoms with van der Waals surface area (Å²) in [6.45, 7) is 5.55. The average Bonchev–Trinajstić information content (AvgIpc) is 2.57. The van der Waals surface area contributed by atoms with Crippen molar-refractivity contribution < 1.29 is 9.90 Å². The van der Waals surface area contributed by atoms with Crippen molar-refractivity contribution in [3.05, 3.63) is 40.8 Å². The average molecular weight is 231 g/mol. The van der Waals surface area contributed by atoms with E-state index in [1.807, 2.05) is 26.8 Å². The molecule has 5 heteroatoms. The van der Waals surface area contributed by atoms with Gasteiger partial charge in [-0.2, -0.15) is 5.10 Å². The third-order valence-electron chi connectivity index (χ3n) is 2.45. The monoisotopic (exact) mass is 231 g/mol. The van der Waals surface area contributed by atoms with Gasteiger partial charge in [-0.15, -0.1) is 0 Å². The summed E-state index contributed by atoms with van der Waals surface area (Å²) in [6, 6.07) is 5.12. The normalized spacial score (nSPS) is 10.5. The van der Waals surface area contributed by atoms with E-state index in [-0.39, 0.29) is 5.56 Å². The largest absolute Gasteiger partial charge is 0.478 e. The van der Waals surface area contributed by atoms with E-state index in [1.54, 1.807) is 16.8 Å². The lowest BCUT2D eigenvalue weighted by Crippen LogP contribution is -2.11.